The smallest absolute Gasteiger partial charge is 0.243 e. The molecule has 0 saturated carbocycles. The van der Waals surface area contributed by atoms with Crippen molar-refractivity contribution in [2.45, 2.75) is 26.6 Å². The molecule has 136 valence electrons. The molecule has 0 unspecified atom stereocenters. The van der Waals surface area contributed by atoms with Crippen LogP contribution < -0.4 is 10.1 Å². The van der Waals surface area contributed by atoms with Crippen LogP contribution in [0.15, 0.2) is 36.4 Å². The van der Waals surface area contributed by atoms with Gasteiger partial charge in [-0.05, 0) is 47.7 Å². The minimum atomic E-state index is 0.250. The van der Waals surface area contributed by atoms with Gasteiger partial charge in [-0.2, -0.15) is 0 Å². The van der Waals surface area contributed by atoms with E-state index in [1.807, 2.05) is 19.1 Å². The van der Waals surface area contributed by atoms with E-state index in [9.17, 15) is 0 Å². The molecule has 0 aliphatic rings. The number of halogens is 3. The lowest BCUT2D eigenvalue weighted by Gasteiger charge is -2.14. The second-order valence-electron chi connectivity index (χ2n) is 5.41. The second-order valence-corrected chi connectivity index (χ2v) is 6.66. The summed E-state index contributed by atoms with van der Waals surface area (Å²) in [6.07, 6.45) is 0. The molecule has 0 bridgehead atoms. The molecule has 26 heavy (non-hydrogen) atoms. The van der Waals surface area contributed by atoms with E-state index >= 15 is 0 Å². The number of benzene rings is 2. The maximum atomic E-state index is 6.20. The van der Waals surface area contributed by atoms with Crippen LogP contribution in [0.2, 0.25) is 15.1 Å². The molecule has 3 aromatic rings. The number of nitrogens with zero attached hydrogens (tertiary/aromatic N) is 4. The van der Waals surface area contributed by atoms with E-state index in [1.54, 1.807) is 28.9 Å². The van der Waals surface area contributed by atoms with Gasteiger partial charge in [0, 0.05) is 39.3 Å². The third kappa shape index (κ3) is 4.38. The van der Waals surface area contributed by atoms with Crippen LogP contribution >= 0.6 is 34.8 Å². The van der Waals surface area contributed by atoms with Gasteiger partial charge in [0.15, 0.2) is 0 Å². The van der Waals surface area contributed by atoms with Crippen molar-refractivity contribution in [1.29, 1.82) is 0 Å². The summed E-state index contributed by atoms with van der Waals surface area (Å²) in [7, 11) is 0. The van der Waals surface area contributed by atoms with Crippen molar-refractivity contribution in [2.75, 3.05) is 5.32 Å². The lowest BCUT2D eigenvalue weighted by Crippen LogP contribution is -2.09. The van der Waals surface area contributed by atoms with Gasteiger partial charge in [-0.1, -0.05) is 46.0 Å². The van der Waals surface area contributed by atoms with Gasteiger partial charge in [0.25, 0.3) is 0 Å². The van der Waals surface area contributed by atoms with Crippen molar-refractivity contribution in [3.63, 3.8) is 0 Å². The molecule has 0 aliphatic heterocycles. The summed E-state index contributed by atoms with van der Waals surface area (Å²) in [5.74, 6) is 1.25. The van der Waals surface area contributed by atoms with Crippen LogP contribution in [0.3, 0.4) is 0 Å². The fourth-order valence-electron chi connectivity index (χ4n) is 2.37. The molecule has 0 spiro atoms. The van der Waals surface area contributed by atoms with Crippen molar-refractivity contribution in [2.24, 2.45) is 0 Å². The molecule has 9 heteroatoms. The average molecular weight is 413 g/mol. The predicted molar refractivity (Wildman–Crippen MR) is 103 cm³/mol. The molecule has 1 N–H and O–H groups in total. The van der Waals surface area contributed by atoms with Crippen LogP contribution in [-0.2, 0) is 19.7 Å². The van der Waals surface area contributed by atoms with Crippen LogP contribution in [0.25, 0.3) is 0 Å². The van der Waals surface area contributed by atoms with Gasteiger partial charge >= 0.3 is 0 Å². The summed E-state index contributed by atoms with van der Waals surface area (Å²) in [6.45, 7) is 3.33. The summed E-state index contributed by atoms with van der Waals surface area (Å²) < 4.78 is 7.60. The number of hydrogen-bond acceptors (Lipinski definition) is 5. The Balaban J connectivity index is 1.75. The van der Waals surface area contributed by atoms with Crippen LogP contribution in [0.4, 0.5) is 5.95 Å². The lowest BCUT2D eigenvalue weighted by molar-refractivity contribution is 0.303. The van der Waals surface area contributed by atoms with Crippen molar-refractivity contribution >= 4 is 40.8 Å². The fraction of sp³-hybridized carbons (Fsp3) is 0.235. The zero-order chi connectivity index (χ0) is 18.5. The Morgan fingerprint density at radius 2 is 1.88 bits per heavy atom. The highest BCUT2D eigenvalue weighted by molar-refractivity contribution is 6.36. The van der Waals surface area contributed by atoms with Gasteiger partial charge in [0.2, 0.25) is 5.95 Å². The van der Waals surface area contributed by atoms with Gasteiger partial charge in [0.05, 0.1) is 0 Å². The molecular weight excluding hydrogens is 397 g/mol. The number of aromatic nitrogens is 4. The maximum absolute atomic E-state index is 6.20. The molecular formula is C17H16Cl3N5O. The molecule has 0 atom stereocenters. The summed E-state index contributed by atoms with van der Waals surface area (Å²) in [5.41, 5.74) is 1.60. The van der Waals surface area contributed by atoms with Crippen molar-refractivity contribution in [3.8, 4) is 5.75 Å². The maximum Gasteiger partial charge on any atom is 0.243 e. The third-order valence-corrected chi connectivity index (χ3v) is 4.67. The second kappa shape index (κ2) is 8.58. The minimum Gasteiger partial charge on any atom is -0.488 e. The van der Waals surface area contributed by atoms with Crippen molar-refractivity contribution < 1.29 is 4.74 Å². The van der Waals surface area contributed by atoms with Gasteiger partial charge < -0.3 is 10.1 Å². The molecule has 1 heterocycles. The van der Waals surface area contributed by atoms with Gasteiger partial charge in [-0.3, -0.25) is 0 Å². The van der Waals surface area contributed by atoms with Gasteiger partial charge in [-0.25, -0.2) is 4.68 Å². The SMILES string of the molecule is CCn1nnnc1NCc1cc(Cl)ccc1OCc1c(Cl)cccc1Cl. The topological polar surface area (TPSA) is 64.9 Å². The highest BCUT2D eigenvalue weighted by Crippen LogP contribution is 2.28. The number of hydrogen-bond donors (Lipinski definition) is 1. The van der Waals surface area contributed by atoms with Crippen LogP contribution in [0.1, 0.15) is 18.1 Å². The van der Waals surface area contributed by atoms with E-state index < -0.39 is 0 Å². The Labute approximate surface area is 166 Å². The zero-order valence-corrected chi connectivity index (χ0v) is 16.2. The Kier molecular flexibility index (Phi) is 6.19. The molecule has 1 aromatic heterocycles. The Morgan fingerprint density at radius 1 is 1.12 bits per heavy atom. The molecule has 0 amide bonds. The average Bonchev–Trinajstić information content (AvgIpc) is 3.08. The number of anilines is 1. The minimum absolute atomic E-state index is 0.250. The summed E-state index contributed by atoms with van der Waals surface area (Å²) in [5, 5.41) is 16.4. The van der Waals surface area contributed by atoms with E-state index in [4.69, 9.17) is 39.5 Å². The zero-order valence-electron chi connectivity index (χ0n) is 13.9. The summed E-state index contributed by atoms with van der Waals surface area (Å²) in [4.78, 5) is 0. The van der Waals surface area contributed by atoms with E-state index in [0.717, 1.165) is 11.1 Å². The third-order valence-electron chi connectivity index (χ3n) is 3.72. The molecule has 6 nitrogen and oxygen atoms in total. The van der Waals surface area contributed by atoms with E-state index in [-0.39, 0.29) is 6.61 Å². The Bertz CT molecular complexity index is 880. The number of tetrazole rings is 1. The van der Waals surface area contributed by atoms with Crippen LogP contribution in [0, 0.1) is 0 Å². The number of rotatable bonds is 7. The van der Waals surface area contributed by atoms with E-state index in [1.165, 1.54) is 0 Å². The highest BCUT2D eigenvalue weighted by Gasteiger charge is 2.11. The molecule has 0 aliphatic carbocycles. The van der Waals surface area contributed by atoms with Crippen molar-refractivity contribution in [1.82, 2.24) is 20.2 Å². The first-order valence-electron chi connectivity index (χ1n) is 7.92. The Hall–Kier alpha value is -2.02. The van der Waals surface area contributed by atoms with Crippen molar-refractivity contribution in [3.05, 3.63) is 62.6 Å². The first kappa shape index (κ1) is 18.8. The number of aryl methyl sites for hydroxylation is 1. The van der Waals surface area contributed by atoms with Crippen LogP contribution in [-0.4, -0.2) is 20.2 Å². The molecule has 0 saturated heterocycles. The Morgan fingerprint density at radius 3 is 2.62 bits per heavy atom. The predicted octanol–water partition coefficient (Wildman–Crippen LogP) is 4.84. The quantitative estimate of drug-likeness (QED) is 0.601. The monoisotopic (exact) mass is 411 g/mol. The molecule has 0 fully saturated rings. The lowest BCUT2D eigenvalue weighted by atomic mass is 10.2. The number of nitrogens with one attached hydrogen (secondary N) is 1. The van der Waals surface area contributed by atoms with E-state index in [0.29, 0.717) is 39.9 Å². The van der Waals surface area contributed by atoms with Crippen LogP contribution in [0.5, 0.6) is 5.75 Å². The first-order chi connectivity index (χ1) is 12.6. The number of ether oxygens (including phenoxy) is 1. The first-order valence-corrected chi connectivity index (χ1v) is 9.06. The van der Waals surface area contributed by atoms with Gasteiger partial charge in [0.1, 0.15) is 12.4 Å². The summed E-state index contributed by atoms with van der Waals surface area (Å²) >= 11 is 18.5. The standard InChI is InChI=1S/C17H16Cl3N5O/c1-2-25-17(22-23-24-25)21-9-11-8-12(18)6-7-16(11)26-10-13-14(19)4-3-5-15(13)20/h3-8H,2,9-10H2,1H3,(H,21,22,24). The summed E-state index contributed by atoms with van der Waals surface area (Å²) in [6, 6.07) is 10.8. The fourth-order valence-corrected chi connectivity index (χ4v) is 3.07. The normalized spacial score (nSPS) is 10.8. The molecule has 2 aromatic carbocycles. The van der Waals surface area contributed by atoms with Gasteiger partial charge in [-0.15, -0.1) is 0 Å². The highest BCUT2D eigenvalue weighted by atomic mass is 35.5. The van der Waals surface area contributed by atoms with E-state index in [2.05, 4.69) is 20.8 Å². The molecule has 3 rings (SSSR count). The largest absolute Gasteiger partial charge is 0.488 e. The molecule has 0 radical (unpaired) electrons.